The lowest BCUT2D eigenvalue weighted by molar-refractivity contribution is 0.287. The fourth-order valence-corrected chi connectivity index (χ4v) is 5.49. The van der Waals surface area contributed by atoms with Crippen LogP contribution in [-0.2, 0) is 18.9 Å². The Morgan fingerprint density at radius 2 is 1.86 bits per heavy atom. The van der Waals surface area contributed by atoms with Crippen molar-refractivity contribution in [1.82, 2.24) is 19.7 Å². The SMILES string of the molecule is CC(C)c1ccc(-c2nc(CSc3nnc(COc4ccc(Cl)cc4)n3Cc3ccco3)cs2)cc1. The highest BCUT2D eigenvalue weighted by atomic mass is 35.5. The first kappa shape index (κ1) is 24.6. The molecule has 5 rings (SSSR count). The molecule has 36 heavy (non-hydrogen) atoms. The monoisotopic (exact) mass is 536 g/mol. The molecule has 0 unspecified atom stereocenters. The van der Waals surface area contributed by atoms with Crippen LogP contribution in [0.15, 0.2) is 81.9 Å². The summed E-state index contributed by atoms with van der Waals surface area (Å²) in [5.74, 6) is 3.47. The van der Waals surface area contributed by atoms with Crippen LogP contribution >= 0.6 is 34.7 Å². The van der Waals surface area contributed by atoms with E-state index in [0.717, 1.165) is 32.9 Å². The van der Waals surface area contributed by atoms with Gasteiger partial charge in [0.05, 0.1) is 18.5 Å². The third-order valence-corrected chi connectivity index (χ3v) is 7.79. The first-order valence-electron chi connectivity index (χ1n) is 11.6. The minimum absolute atomic E-state index is 0.281. The van der Waals surface area contributed by atoms with Gasteiger partial charge in [-0.3, -0.25) is 4.57 Å². The van der Waals surface area contributed by atoms with Gasteiger partial charge in [-0.15, -0.1) is 21.5 Å². The summed E-state index contributed by atoms with van der Waals surface area (Å²) >= 11 is 9.24. The molecule has 0 radical (unpaired) electrons. The summed E-state index contributed by atoms with van der Waals surface area (Å²) in [5, 5.41) is 13.4. The predicted molar refractivity (Wildman–Crippen MR) is 145 cm³/mol. The van der Waals surface area contributed by atoms with Crippen LogP contribution < -0.4 is 4.74 Å². The van der Waals surface area contributed by atoms with Crippen molar-refractivity contribution in [1.29, 1.82) is 0 Å². The normalized spacial score (nSPS) is 11.3. The molecule has 0 aliphatic carbocycles. The molecule has 0 amide bonds. The summed E-state index contributed by atoms with van der Waals surface area (Å²) in [4.78, 5) is 4.85. The molecule has 0 saturated heterocycles. The van der Waals surface area contributed by atoms with Crippen LogP contribution in [0, 0.1) is 0 Å². The lowest BCUT2D eigenvalue weighted by Crippen LogP contribution is -2.09. The molecule has 5 aromatic rings. The molecular formula is C27H25ClN4O2S2. The third kappa shape index (κ3) is 6.00. The number of thiazole rings is 1. The van der Waals surface area contributed by atoms with Crippen molar-refractivity contribution >= 4 is 34.7 Å². The summed E-state index contributed by atoms with van der Waals surface area (Å²) in [5.41, 5.74) is 3.49. The number of hydrogen-bond donors (Lipinski definition) is 0. The van der Waals surface area contributed by atoms with E-state index in [1.807, 2.05) is 28.8 Å². The average molecular weight is 537 g/mol. The lowest BCUT2D eigenvalue weighted by Gasteiger charge is -2.10. The zero-order chi connectivity index (χ0) is 24.9. The van der Waals surface area contributed by atoms with Crippen LogP contribution in [0.2, 0.25) is 5.02 Å². The Hall–Kier alpha value is -3.07. The third-order valence-electron chi connectivity index (χ3n) is 5.59. The molecule has 0 atom stereocenters. The summed E-state index contributed by atoms with van der Waals surface area (Å²) in [7, 11) is 0. The van der Waals surface area contributed by atoms with E-state index in [0.29, 0.717) is 29.1 Å². The van der Waals surface area contributed by atoms with Gasteiger partial charge in [0.25, 0.3) is 0 Å². The van der Waals surface area contributed by atoms with Gasteiger partial charge >= 0.3 is 0 Å². The second-order valence-electron chi connectivity index (χ2n) is 8.52. The van der Waals surface area contributed by atoms with Crippen molar-refractivity contribution in [3.8, 4) is 16.3 Å². The standard InChI is InChI=1S/C27H25ClN4O2S2/c1-18(2)19-5-7-20(8-6-19)26-29-22(16-35-26)17-36-27-31-30-25(32(27)14-24-4-3-13-33-24)15-34-23-11-9-21(28)10-12-23/h3-13,16,18H,14-15,17H2,1-2H3. The molecular weight excluding hydrogens is 512 g/mol. The molecule has 0 aliphatic rings. The van der Waals surface area contributed by atoms with Crippen molar-refractivity contribution in [2.45, 2.75) is 43.8 Å². The maximum absolute atomic E-state index is 5.98. The van der Waals surface area contributed by atoms with Gasteiger partial charge in [-0.2, -0.15) is 0 Å². The first-order valence-corrected chi connectivity index (χ1v) is 13.8. The molecule has 0 saturated carbocycles. The fourth-order valence-electron chi connectivity index (χ4n) is 3.58. The van der Waals surface area contributed by atoms with Gasteiger partial charge in [0.1, 0.15) is 23.1 Å². The Balaban J connectivity index is 1.29. The zero-order valence-corrected chi connectivity index (χ0v) is 22.3. The van der Waals surface area contributed by atoms with Gasteiger partial charge in [-0.05, 0) is 47.9 Å². The molecule has 9 heteroatoms. The molecule has 184 valence electrons. The van der Waals surface area contributed by atoms with Crippen molar-refractivity contribution in [3.63, 3.8) is 0 Å². The van der Waals surface area contributed by atoms with Gasteiger partial charge < -0.3 is 9.15 Å². The van der Waals surface area contributed by atoms with E-state index in [-0.39, 0.29) is 6.61 Å². The number of nitrogens with zero attached hydrogens (tertiary/aromatic N) is 4. The summed E-state index contributed by atoms with van der Waals surface area (Å²) < 4.78 is 13.5. The van der Waals surface area contributed by atoms with E-state index in [2.05, 4.69) is 53.7 Å². The van der Waals surface area contributed by atoms with Crippen LogP contribution in [0.1, 0.15) is 42.6 Å². The largest absolute Gasteiger partial charge is 0.486 e. The maximum atomic E-state index is 5.98. The Labute approximate surface area is 223 Å². The highest BCUT2D eigenvalue weighted by molar-refractivity contribution is 7.98. The van der Waals surface area contributed by atoms with Crippen molar-refractivity contribution in [2.24, 2.45) is 0 Å². The van der Waals surface area contributed by atoms with E-state index in [1.54, 1.807) is 41.5 Å². The number of rotatable bonds is 10. The van der Waals surface area contributed by atoms with E-state index < -0.39 is 0 Å². The van der Waals surface area contributed by atoms with Gasteiger partial charge in [0.2, 0.25) is 0 Å². The van der Waals surface area contributed by atoms with Gasteiger partial charge in [-0.1, -0.05) is 61.5 Å². The number of hydrogen-bond acceptors (Lipinski definition) is 7. The Kier molecular flexibility index (Phi) is 7.75. The van der Waals surface area contributed by atoms with Crippen LogP contribution in [0.4, 0.5) is 0 Å². The summed E-state index contributed by atoms with van der Waals surface area (Å²) in [6.45, 7) is 5.20. The quantitative estimate of drug-likeness (QED) is 0.170. The van der Waals surface area contributed by atoms with Crippen molar-refractivity contribution in [3.05, 3.63) is 100 Å². The van der Waals surface area contributed by atoms with E-state index >= 15 is 0 Å². The van der Waals surface area contributed by atoms with Crippen molar-refractivity contribution < 1.29 is 9.15 Å². The molecule has 3 aromatic heterocycles. The molecule has 0 bridgehead atoms. The van der Waals surface area contributed by atoms with Crippen LogP contribution in [-0.4, -0.2) is 19.7 Å². The number of ether oxygens (including phenoxy) is 1. The highest BCUT2D eigenvalue weighted by Crippen LogP contribution is 2.29. The van der Waals surface area contributed by atoms with E-state index in [1.165, 1.54) is 5.56 Å². The number of halogens is 1. The van der Waals surface area contributed by atoms with Crippen LogP contribution in [0.25, 0.3) is 10.6 Å². The van der Waals surface area contributed by atoms with E-state index in [4.69, 9.17) is 25.7 Å². The molecule has 0 fully saturated rings. The smallest absolute Gasteiger partial charge is 0.192 e. The second kappa shape index (κ2) is 11.3. The fraction of sp³-hybridized carbons (Fsp3) is 0.222. The Morgan fingerprint density at radius 1 is 1.06 bits per heavy atom. The van der Waals surface area contributed by atoms with Gasteiger partial charge in [-0.25, -0.2) is 4.98 Å². The maximum Gasteiger partial charge on any atom is 0.192 e. The second-order valence-corrected chi connectivity index (χ2v) is 10.8. The Morgan fingerprint density at radius 3 is 2.58 bits per heavy atom. The van der Waals surface area contributed by atoms with Gasteiger partial charge in [0.15, 0.2) is 11.0 Å². The Bertz CT molecular complexity index is 1390. The average Bonchev–Trinajstić information content (AvgIpc) is 3.65. The number of benzene rings is 2. The highest BCUT2D eigenvalue weighted by Gasteiger charge is 2.16. The van der Waals surface area contributed by atoms with Crippen molar-refractivity contribution in [2.75, 3.05) is 0 Å². The molecule has 3 heterocycles. The number of thioether (sulfide) groups is 1. The van der Waals surface area contributed by atoms with Crippen LogP contribution in [0.5, 0.6) is 5.75 Å². The number of furan rings is 1. The van der Waals surface area contributed by atoms with E-state index in [9.17, 15) is 0 Å². The van der Waals surface area contributed by atoms with Gasteiger partial charge in [0, 0.05) is 21.7 Å². The van der Waals surface area contributed by atoms with Crippen LogP contribution in [0.3, 0.4) is 0 Å². The lowest BCUT2D eigenvalue weighted by atomic mass is 10.0. The minimum Gasteiger partial charge on any atom is -0.486 e. The minimum atomic E-state index is 0.281. The zero-order valence-electron chi connectivity index (χ0n) is 19.9. The first-order chi connectivity index (χ1) is 17.5. The molecule has 0 N–H and O–H groups in total. The summed E-state index contributed by atoms with van der Waals surface area (Å²) in [6, 6.07) is 19.7. The number of aromatic nitrogens is 4. The molecule has 2 aromatic carbocycles. The molecule has 6 nitrogen and oxygen atoms in total. The summed E-state index contributed by atoms with van der Waals surface area (Å²) in [6.07, 6.45) is 1.67. The molecule has 0 aliphatic heterocycles. The topological polar surface area (TPSA) is 66.0 Å². The molecule has 0 spiro atoms. The predicted octanol–water partition coefficient (Wildman–Crippen LogP) is 7.69.